The number of aromatic nitrogens is 12. The first kappa shape index (κ1) is 61.9. The first-order valence-electron chi connectivity index (χ1n) is 32.7. The van der Waals surface area contributed by atoms with Gasteiger partial charge in [-0.25, -0.2) is 29.9 Å². The zero-order valence-corrected chi connectivity index (χ0v) is 56.5. The molecule has 3 fully saturated rings. The Kier molecular flexibility index (Phi) is 16.4. The molecule has 12 aromatic heterocycles. The molecule has 18 rings (SSSR count). The summed E-state index contributed by atoms with van der Waals surface area (Å²) in [7, 11) is 0. The number of imidazole rings is 3. The normalized spacial score (nSPS) is 15.0. The van der Waals surface area contributed by atoms with E-state index in [1.54, 1.807) is 30.7 Å². The third-order valence-electron chi connectivity index (χ3n) is 19.3. The zero-order chi connectivity index (χ0) is 66.7. The van der Waals surface area contributed by atoms with Crippen LogP contribution in [0.1, 0.15) is 110 Å². The van der Waals surface area contributed by atoms with Gasteiger partial charge in [0, 0.05) is 127 Å². The lowest BCUT2D eigenvalue weighted by Gasteiger charge is -2.31. The number of likely N-dealkylation sites (tertiary alicyclic amines) is 3. The number of nitrogens with two attached hydrogens (primary N) is 3. The Balaban J connectivity index is 0.000000115. The molecule has 0 unspecified atom stereocenters. The van der Waals surface area contributed by atoms with E-state index in [1.165, 1.54) is 28.9 Å². The van der Waals surface area contributed by atoms with Gasteiger partial charge in [0.25, 0.3) is 17.7 Å². The third-order valence-corrected chi connectivity index (χ3v) is 22.0. The van der Waals surface area contributed by atoms with Crippen LogP contribution in [-0.4, -0.2) is 130 Å². The van der Waals surface area contributed by atoms with Gasteiger partial charge in [0.1, 0.15) is 68.6 Å². The second-order valence-corrected chi connectivity index (χ2v) is 28.2. The Labute approximate surface area is 577 Å². The second kappa shape index (κ2) is 25.9. The Morgan fingerprint density at radius 3 is 1.23 bits per heavy atom. The van der Waals surface area contributed by atoms with Crippen LogP contribution in [0.25, 0.3) is 83.4 Å². The number of nitrogens with one attached hydrogen (secondary N) is 3. The number of fused-ring (bicyclic) bond motifs is 6. The maximum Gasteiger partial charge on any atom is 0.289 e. The molecule has 0 atom stereocenters. The number of nitrogens with zero attached hydrogens (tertiary/aromatic N) is 12. The summed E-state index contributed by atoms with van der Waals surface area (Å²) in [6.07, 6.45) is 17.5. The molecule has 15 aromatic rings. The molecule has 3 saturated heterocycles. The average Bonchev–Trinajstić information content (AvgIpc) is 1.61. The van der Waals surface area contributed by atoms with Crippen molar-refractivity contribution in [2.75, 3.05) is 56.5 Å². The van der Waals surface area contributed by atoms with Gasteiger partial charge in [0.15, 0.2) is 5.76 Å². The number of benzene rings is 3. The van der Waals surface area contributed by atoms with E-state index in [-0.39, 0.29) is 35.5 Å². The first-order chi connectivity index (χ1) is 47.9. The molecule has 0 spiro atoms. The molecule has 22 nitrogen and oxygen atoms in total. The molecule has 15 heterocycles. The number of H-pyrrole nitrogens is 3. The fourth-order valence-corrected chi connectivity index (χ4v) is 16.3. The number of nitrogen functional groups attached to an aromatic ring is 3. The van der Waals surface area contributed by atoms with Crippen molar-refractivity contribution in [2.24, 2.45) is 0 Å². The number of carbonyl (C=O) groups excluding carboxylic acids is 3. The van der Waals surface area contributed by atoms with Gasteiger partial charge in [-0.15, -0.1) is 22.7 Å². The standard InChI is InChI=1S/C25H24N6OS.C24H21BrN6OS.C24H22N6O2/c1-15-8-13-33-22(15)25(32)30-10-6-16(7-11-30)24-29-20(21-23(26)27-9-12-31(21)24)19-14-17-4-2-3-5-18(17)28-19;25-21-16(7-12-33-21)24(32)30-9-5-14(6-10-30)23-29-19(20-22(26)27-8-11-31(20)23)18-13-15-3-1-2-4-17(15)28-18;25-22-21-20(18-14-16-4-1-2-5-17(16)27-18)28-23(30(21)12-9-26-22)15-7-10-29(11-8-15)24(31)19-6-3-13-32-19/h2-5,8-9,12-14,16,28H,6-7,10-11H2,1H3,(H2,26,27);1-4,7-8,11-14,28H,5-6,9-10H2,(H2,26,27);1-6,9,12-15,27H,7-8,10-11H2,(H2,25,26). The topological polar surface area (TPSA) is 290 Å². The fraction of sp³-hybridized carbons (Fsp3) is 0.219. The third kappa shape index (κ3) is 11.5. The largest absolute Gasteiger partial charge is 0.459 e. The predicted octanol–water partition coefficient (Wildman–Crippen LogP) is 14.2. The van der Waals surface area contributed by atoms with Crippen molar-refractivity contribution >= 4 is 123 Å². The molecular formula is C73H67BrN18O4S2. The van der Waals surface area contributed by atoms with Gasteiger partial charge in [-0.3, -0.25) is 27.6 Å². The van der Waals surface area contributed by atoms with Crippen molar-refractivity contribution in [3.63, 3.8) is 0 Å². The van der Waals surface area contributed by atoms with Crippen molar-refractivity contribution in [3.8, 4) is 34.2 Å². The first-order valence-corrected chi connectivity index (χ1v) is 35.2. The molecule has 9 N–H and O–H groups in total. The van der Waals surface area contributed by atoms with Crippen LogP contribution in [-0.2, 0) is 0 Å². The van der Waals surface area contributed by atoms with Crippen LogP contribution in [0.3, 0.4) is 0 Å². The summed E-state index contributed by atoms with van der Waals surface area (Å²) < 4.78 is 12.4. The number of hydrogen-bond acceptors (Lipinski definition) is 15. The highest BCUT2D eigenvalue weighted by Crippen LogP contribution is 2.40. The Morgan fingerprint density at radius 2 is 0.878 bits per heavy atom. The van der Waals surface area contributed by atoms with Crippen LogP contribution in [0.2, 0.25) is 0 Å². The minimum absolute atomic E-state index is 0.0614. The van der Waals surface area contributed by atoms with E-state index < -0.39 is 0 Å². The van der Waals surface area contributed by atoms with Crippen LogP contribution in [0.15, 0.2) is 178 Å². The number of furan rings is 1. The molecule has 3 aliphatic rings. The van der Waals surface area contributed by atoms with Gasteiger partial charge in [-0.2, -0.15) is 0 Å². The van der Waals surface area contributed by atoms with Gasteiger partial charge in [0.2, 0.25) is 0 Å². The SMILES string of the molecule is Cc1ccsc1C(=O)N1CCC(c2nc(-c3cc4ccccc4[nH]3)c3c(N)nccn23)CC1.Nc1nccn2c(C3CCN(C(=O)c4ccco4)CC3)nc(-c3cc4ccccc4[nH]3)c12.Nc1nccn2c(C3CCN(C(=O)c4ccsc4Br)CC3)nc(-c3cc4ccccc4[nH]3)c12. The van der Waals surface area contributed by atoms with Crippen LogP contribution in [0.4, 0.5) is 17.5 Å². The number of thiophene rings is 2. The minimum atomic E-state index is -0.0614. The van der Waals surface area contributed by atoms with Gasteiger partial charge in [0.05, 0.1) is 37.6 Å². The zero-order valence-electron chi connectivity index (χ0n) is 53.3. The smallest absolute Gasteiger partial charge is 0.289 e. The minimum Gasteiger partial charge on any atom is -0.459 e. The number of aromatic amines is 3. The number of hydrogen-bond donors (Lipinski definition) is 6. The Morgan fingerprint density at radius 1 is 0.490 bits per heavy atom. The number of para-hydroxylation sites is 3. The summed E-state index contributed by atoms with van der Waals surface area (Å²) in [5.74, 6) is 5.50. The van der Waals surface area contributed by atoms with E-state index in [9.17, 15) is 14.4 Å². The number of amides is 3. The summed E-state index contributed by atoms with van der Waals surface area (Å²) in [6, 6.07) is 38.1. The second-order valence-electron chi connectivity index (χ2n) is 25.1. The molecule has 0 radical (unpaired) electrons. The van der Waals surface area contributed by atoms with E-state index in [0.717, 1.165) is 172 Å². The number of rotatable bonds is 9. The summed E-state index contributed by atoms with van der Waals surface area (Å²) >= 11 is 6.55. The van der Waals surface area contributed by atoms with Gasteiger partial charge < -0.3 is 51.3 Å². The van der Waals surface area contributed by atoms with Crippen molar-refractivity contribution in [1.29, 1.82) is 0 Å². The van der Waals surface area contributed by atoms with Crippen LogP contribution >= 0.6 is 38.6 Å². The number of aryl methyl sites for hydroxylation is 1. The molecule has 98 heavy (non-hydrogen) atoms. The monoisotopic (exact) mass is 1400 g/mol. The highest BCUT2D eigenvalue weighted by atomic mass is 79.9. The Hall–Kier alpha value is -10.9. The lowest BCUT2D eigenvalue weighted by Crippen LogP contribution is -2.38. The molecule has 492 valence electrons. The van der Waals surface area contributed by atoms with Crippen molar-refractivity contribution in [3.05, 3.63) is 212 Å². The number of anilines is 3. The van der Waals surface area contributed by atoms with Crippen molar-refractivity contribution in [1.82, 2.24) is 72.8 Å². The molecule has 0 aliphatic carbocycles. The number of piperidine rings is 3. The Bertz CT molecular complexity index is 5150. The average molecular weight is 1400 g/mol. The summed E-state index contributed by atoms with van der Waals surface area (Å²) in [5.41, 5.74) is 31.6. The highest BCUT2D eigenvalue weighted by Gasteiger charge is 2.34. The fourth-order valence-electron chi connectivity index (χ4n) is 14.2. The van der Waals surface area contributed by atoms with Crippen LogP contribution in [0.5, 0.6) is 0 Å². The molecular weight excluding hydrogens is 1340 g/mol. The van der Waals surface area contributed by atoms with Crippen LogP contribution in [0, 0.1) is 6.92 Å². The molecule has 3 aliphatic heterocycles. The van der Waals surface area contributed by atoms with E-state index in [0.29, 0.717) is 49.4 Å². The maximum atomic E-state index is 12.9. The molecule has 3 aromatic carbocycles. The lowest BCUT2D eigenvalue weighted by molar-refractivity contribution is 0.0676. The van der Waals surface area contributed by atoms with E-state index >= 15 is 0 Å². The summed E-state index contributed by atoms with van der Waals surface area (Å²) in [5, 5.41) is 7.30. The van der Waals surface area contributed by atoms with Crippen molar-refractivity contribution < 1.29 is 18.8 Å². The van der Waals surface area contributed by atoms with Gasteiger partial charge in [-0.1, -0.05) is 54.6 Å². The van der Waals surface area contributed by atoms with Gasteiger partial charge >= 0.3 is 0 Å². The van der Waals surface area contributed by atoms with Crippen molar-refractivity contribution in [2.45, 2.75) is 63.2 Å². The molecule has 0 saturated carbocycles. The molecule has 3 amide bonds. The highest BCUT2D eigenvalue weighted by molar-refractivity contribution is 9.11. The van der Waals surface area contributed by atoms with Crippen LogP contribution < -0.4 is 17.2 Å². The van der Waals surface area contributed by atoms with E-state index in [4.69, 9.17) is 36.6 Å². The number of halogens is 1. The maximum absolute atomic E-state index is 12.9. The quantitative estimate of drug-likeness (QED) is 0.0785. The lowest BCUT2D eigenvalue weighted by atomic mass is 9.95. The van der Waals surface area contributed by atoms with Gasteiger partial charge in [-0.05, 0) is 138 Å². The van der Waals surface area contributed by atoms with E-state index in [2.05, 4.69) is 108 Å². The van der Waals surface area contributed by atoms with E-state index in [1.807, 2.05) is 106 Å². The molecule has 25 heteroatoms. The molecule has 0 bridgehead atoms. The predicted molar refractivity (Wildman–Crippen MR) is 387 cm³/mol. The summed E-state index contributed by atoms with van der Waals surface area (Å²) in [4.78, 5) is 83.7. The summed E-state index contributed by atoms with van der Waals surface area (Å²) in [6.45, 7) is 6.14. The number of carbonyl (C=O) groups is 3.